The van der Waals surface area contributed by atoms with Crippen molar-refractivity contribution in [2.45, 2.75) is 32.9 Å². The molecule has 1 aromatic carbocycles. The predicted octanol–water partition coefficient (Wildman–Crippen LogP) is 2.77. The molecular weight excluding hydrogens is 238 g/mol. The second-order valence-electron chi connectivity index (χ2n) is 5.55. The van der Waals surface area contributed by atoms with Gasteiger partial charge in [-0.05, 0) is 45.0 Å². The second kappa shape index (κ2) is 5.05. The van der Waals surface area contributed by atoms with E-state index in [4.69, 9.17) is 10.5 Å². The third-order valence-corrected chi connectivity index (χ3v) is 3.06. The van der Waals surface area contributed by atoms with Crippen molar-refractivity contribution in [3.63, 3.8) is 0 Å². The number of aromatic nitrogens is 2. The zero-order valence-electron chi connectivity index (χ0n) is 12.0. The van der Waals surface area contributed by atoms with Crippen LogP contribution < -0.4 is 10.5 Å². The molecule has 0 unspecified atom stereocenters. The third-order valence-electron chi connectivity index (χ3n) is 3.06. The summed E-state index contributed by atoms with van der Waals surface area (Å²) in [5.41, 5.74) is 8.84. The van der Waals surface area contributed by atoms with Gasteiger partial charge in [0.25, 0.3) is 0 Å². The molecule has 0 aliphatic carbocycles. The average molecular weight is 259 g/mol. The molecule has 0 amide bonds. The van der Waals surface area contributed by atoms with Crippen LogP contribution in [-0.4, -0.2) is 16.9 Å². The molecule has 0 saturated heterocycles. The van der Waals surface area contributed by atoms with Crippen molar-refractivity contribution >= 4 is 0 Å². The minimum Gasteiger partial charge on any atom is -0.497 e. The first-order chi connectivity index (χ1) is 8.95. The van der Waals surface area contributed by atoms with E-state index in [-0.39, 0.29) is 5.54 Å². The molecule has 2 aromatic rings. The summed E-state index contributed by atoms with van der Waals surface area (Å²) in [6, 6.07) is 7.89. The van der Waals surface area contributed by atoms with Crippen molar-refractivity contribution in [1.82, 2.24) is 9.78 Å². The number of nitrogens with zero attached hydrogens (tertiary/aromatic N) is 2. The number of hydrogen-bond donors (Lipinski definition) is 1. The van der Waals surface area contributed by atoms with Gasteiger partial charge in [-0.2, -0.15) is 5.10 Å². The van der Waals surface area contributed by atoms with Gasteiger partial charge in [-0.1, -0.05) is 0 Å². The van der Waals surface area contributed by atoms with Crippen LogP contribution in [-0.2, 0) is 12.1 Å². The normalized spacial score (nSPS) is 11.6. The minimum absolute atomic E-state index is 0.0470. The van der Waals surface area contributed by atoms with E-state index in [0.29, 0.717) is 6.54 Å². The average Bonchev–Trinajstić information content (AvgIpc) is 2.83. The highest BCUT2D eigenvalue weighted by molar-refractivity contribution is 5.63. The highest BCUT2D eigenvalue weighted by atomic mass is 16.5. The summed E-state index contributed by atoms with van der Waals surface area (Å²) in [6.45, 7) is 6.85. The first-order valence-electron chi connectivity index (χ1n) is 6.39. The van der Waals surface area contributed by atoms with Gasteiger partial charge in [0.2, 0.25) is 0 Å². The third kappa shape index (κ3) is 2.79. The van der Waals surface area contributed by atoms with Gasteiger partial charge in [-0.25, -0.2) is 0 Å². The largest absolute Gasteiger partial charge is 0.497 e. The molecular formula is C15H21N3O. The van der Waals surface area contributed by atoms with Crippen LogP contribution in [0.2, 0.25) is 0 Å². The summed E-state index contributed by atoms with van der Waals surface area (Å²) in [7, 11) is 1.66. The Hall–Kier alpha value is -1.81. The summed E-state index contributed by atoms with van der Waals surface area (Å²) in [5.74, 6) is 0.841. The second-order valence-corrected chi connectivity index (χ2v) is 5.55. The number of benzene rings is 1. The maximum absolute atomic E-state index is 5.82. The molecule has 0 fully saturated rings. The molecule has 0 saturated carbocycles. The maximum atomic E-state index is 5.82. The lowest BCUT2D eigenvalue weighted by atomic mass is 10.1. The molecule has 0 radical (unpaired) electrons. The van der Waals surface area contributed by atoms with E-state index in [2.05, 4.69) is 25.9 Å². The lowest BCUT2D eigenvalue weighted by Gasteiger charge is -2.18. The lowest BCUT2D eigenvalue weighted by molar-refractivity contribution is 0.356. The molecule has 4 nitrogen and oxygen atoms in total. The van der Waals surface area contributed by atoms with Crippen molar-refractivity contribution in [2.75, 3.05) is 7.11 Å². The Kier molecular flexibility index (Phi) is 3.62. The molecule has 19 heavy (non-hydrogen) atoms. The number of ether oxygens (including phenoxy) is 1. The van der Waals surface area contributed by atoms with E-state index in [9.17, 15) is 0 Å². The molecule has 0 aliphatic rings. The topological polar surface area (TPSA) is 53.1 Å². The van der Waals surface area contributed by atoms with E-state index in [1.54, 1.807) is 7.11 Å². The molecule has 102 valence electrons. The minimum atomic E-state index is -0.0470. The Bertz CT molecular complexity index is 550. The molecule has 4 heteroatoms. The van der Waals surface area contributed by atoms with Crippen LogP contribution in [0.1, 0.15) is 26.3 Å². The highest BCUT2D eigenvalue weighted by Crippen LogP contribution is 2.26. The summed E-state index contributed by atoms with van der Waals surface area (Å²) in [4.78, 5) is 0. The standard InChI is InChI=1S/C15H21N3O/c1-15(2,3)18-10-12(9-16)14(17-18)11-5-7-13(19-4)8-6-11/h5-8,10H,9,16H2,1-4H3. The van der Waals surface area contributed by atoms with Crippen LogP contribution in [0.25, 0.3) is 11.3 Å². The summed E-state index contributed by atoms with van der Waals surface area (Å²) in [5, 5.41) is 4.67. The van der Waals surface area contributed by atoms with E-state index < -0.39 is 0 Å². The van der Waals surface area contributed by atoms with Gasteiger partial charge < -0.3 is 10.5 Å². The zero-order chi connectivity index (χ0) is 14.0. The highest BCUT2D eigenvalue weighted by Gasteiger charge is 2.18. The fraction of sp³-hybridized carbons (Fsp3) is 0.400. The van der Waals surface area contributed by atoms with E-state index in [0.717, 1.165) is 22.6 Å². The number of methoxy groups -OCH3 is 1. The van der Waals surface area contributed by atoms with Gasteiger partial charge in [0.1, 0.15) is 5.75 Å². The number of nitrogens with two attached hydrogens (primary N) is 1. The first-order valence-corrected chi connectivity index (χ1v) is 6.39. The van der Waals surface area contributed by atoms with E-state index in [1.807, 2.05) is 35.1 Å². The van der Waals surface area contributed by atoms with E-state index in [1.165, 1.54) is 0 Å². The van der Waals surface area contributed by atoms with Crippen molar-refractivity contribution in [3.8, 4) is 17.0 Å². The van der Waals surface area contributed by atoms with E-state index >= 15 is 0 Å². The number of rotatable bonds is 3. The van der Waals surface area contributed by atoms with Crippen LogP contribution in [0.15, 0.2) is 30.5 Å². The first kappa shape index (κ1) is 13.6. The molecule has 2 rings (SSSR count). The Morgan fingerprint density at radius 3 is 2.32 bits per heavy atom. The van der Waals surface area contributed by atoms with Crippen LogP contribution in [0.4, 0.5) is 0 Å². The summed E-state index contributed by atoms with van der Waals surface area (Å²) >= 11 is 0. The van der Waals surface area contributed by atoms with Gasteiger partial charge >= 0.3 is 0 Å². The fourth-order valence-electron chi connectivity index (χ4n) is 1.89. The zero-order valence-corrected chi connectivity index (χ0v) is 12.0. The molecule has 2 N–H and O–H groups in total. The van der Waals surface area contributed by atoms with Crippen molar-refractivity contribution < 1.29 is 4.74 Å². The SMILES string of the molecule is COc1ccc(-c2nn(C(C)(C)C)cc2CN)cc1. The predicted molar refractivity (Wildman–Crippen MR) is 77.1 cm³/mol. The maximum Gasteiger partial charge on any atom is 0.118 e. The Morgan fingerprint density at radius 1 is 1.21 bits per heavy atom. The van der Waals surface area contributed by atoms with Gasteiger partial charge in [-0.3, -0.25) is 4.68 Å². The van der Waals surface area contributed by atoms with Gasteiger partial charge in [0, 0.05) is 23.9 Å². The molecule has 0 atom stereocenters. The Morgan fingerprint density at radius 2 is 1.84 bits per heavy atom. The monoisotopic (exact) mass is 259 g/mol. The lowest BCUT2D eigenvalue weighted by Crippen LogP contribution is -2.22. The van der Waals surface area contributed by atoms with Crippen molar-refractivity contribution in [3.05, 3.63) is 36.0 Å². The van der Waals surface area contributed by atoms with Gasteiger partial charge in [-0.15, -0.1) is 0 Å². The number of hydrogen-bond acceptors (Lipinski definition) is 3. The van der Waals surface area contributed by atoms with Crippen LogP contribution in [0.3, 0.4) is 0 Å². The van der Waals surface area contributed by atoms with Crippen LogP contribution >= 0.6 is 0 Å². The van der Waals surface area contributed by atoms with Crippen LogP contribution in [0.5, 0.6) is 5.75 Å². The van der Waals surface area contributed by atoms with Crippen molar-refractivity contribution in [1.29, 1.82) is 0 Å². The summed E-state index contributed by atoms with van der Waals surface area (Å²) in [6.07, 6.45) is 2.03. The quantitative estimate of drug-likeness (QED) is 0.922. The van der Waals surface area contributed by atoms with Crippen LogP contribution in [0, 0.1) is 0 Å². The Labute approximate surface area is 114 Å². The summed E-state index contributed by atoms with van der Waals surface area (Å²) < 4.78 is 7.14. The molecule has 0 bridgehead atoms. The van der Waals surface area contributed by atoms with Gasteiger partial charge in [0.05, 0.1) is 18.3 Å². The molecule has 1 heterocycles. The Balaban J connectivity index is 2.45. The fourth-order valence-corrected chi connectivity index (χ4v) is 1.89. The molecule has 0 spiro atoms. The molecule has 0 aliphatic heterocycles. The molecule has 1 aromatic heterocycles. The van der Waals surface area contributed by atoms with Gasteiger partial charge in [0.15, 0.2) is 0 Å². The smallest absolute Gasteiger partial charge is 0.118 e. The van der Waals surface area contributed by atoms with Crippen molar-refractivity contribution in [2.24, 2.45) is 5.73 Å².